The molecular formula is C24H25ClFN7O. The van der Waals surface area contributed by atoms with Crippen molar-refractivity contribution in [3.63, 3.8) is 0 Å². The first-order valence-corrected chi connectivity index (χ1v) is 11.1. The SMILES string of the molecule is C=CC(=O)Nc1cccc(F)c1Nc1nc(Nc2ccc(N3CCN(C)CC3)cc2)ncc1Cl. The number of nitrogens with zero attached hydrogens (tertiary/aromatic N) is 4. The van der Waals surface area contributed by atoms with Gasteiger partial charge in [0.25, 0.3) is 0 Å². The monoisotopic (exact) mass is 481 g/mol. The van der Waals surface area contributed by atoms with E-state index in [0.717, 1.165) is 43.6 Å². The molecule has 0 bridgehead atoms. The highest BCUT2D eigenvalue weighted by Gasteiger charge is 2.15. The Bertz CT molecular complexity index is 1180. The van der Waals surface area contributed by atoms with Crippen molar-refractivity contribution in [1.29, 1.82) is 0 Å². The maximum Gasteiger partial charge on any atom is 0.247 e. The number of anilines is 6. The van der Waals surface area contributed by atoms with Crippen molar-refractivity contribution in [3.05, 3.63) is 72.2 Å². The van der Waals surface area contributed by atoms with E-state index in [1.807, 2.05) is 12.1 Å². The lowest BCUT2D eigenvalue weighted by Crippen LogP contribution is -2.44. The maximum absolute atomic E-state index is 14.5. The topological polar surface area (TPSA) is 85.4 Å². The molecule has 3 aromatic rings. The summed E-state index contributed by atoms with van der Waals surface area (Å²) < 4.78 is 14.5. The Kier molecular flexibility index (Phi) is 7.24. The molecule has 1 aliphatic rings. The van der Waals surface area contributed by atoms with E-state index in [2.05, 4.69) is 61.5 Å². The van der Waals surface area contributed by atoms with E-state index in [0.29, 0.717) is 0 Å². The van der Waals surface area contributed by atoms with E-state index < -0.39 is 11.7 Å². The van der Waals surface area contributed by atoms with Crippen molar-refractivity contribution in [2.45, 2.75) is 0 Å². The lowest BCUT2D eigenvalue weighted by Gasteiger charge is -2.34. The molecular weight excluding hydrogens is 457 g/mol. The molecule has 1 fully saturated rings. The third kappa shape index (κ3) is 5.62. The van der Waals surface area contributed by atoms with Crippen LogP contribution in [-0.4, -0.2) is 54.0 Å². The van der Waals surface area contributed by atoms with Crippen LogP contribution in [0.5, 0.6) is 0 Å². The smallest absolute Gasteiger partial charge is 0.247 e. The van der Waals surface area contributed by atoms with Gasteiger partial charge in [-0.05, 0) is 49.5 Å². The fourth-order valence-electron chi connectivity index (χ4n) is 3.52. The Hall–Kier alpha value is -3.69. The molecule has 2 heterocycles. The van der Waals surface area contributed by atoms with Crippen LogP contribution >= 0.6 is 11.6 Å². The lowest BCUT2D eigenvalue weighted by molar-refractivity contribution is -0.111. The maximum atomic E-state index is 14.5. The predicted molar refractivity (Wildman–Crippen MR) is 135 cm³/mol. The second kappa shape index (κ2) is 10.5. The number of aromatic nitrogens is 2. The van der Waals surface area contributed by atoms with Crippen molar-refractivity contribution >= 4 is 52.0 Å². The number of halogens is 2. The summed E-state index contributed by atoms with van der Waals surface area (Å²) in [6, 6.07) is 12.3. The lowest BCUT2D eigenvalue weighted by atomic mass is 10.2. The summed E-state index contributed by atoms with van der Waals surface area (Å²) in [6.45, 7) is 7.47. The average molecular weight is 482 g/mol. The average Bonchev–Trinajstić information content (AvgIpc) is 2.84. The van der Waals surface area contributed by atoms with Gasteiger partial charge < -0.3 is 25.8 Å². The number of hydrogen-bond donors (Lipinski definition) is 3. The number of carbonyl (C=O) groups excluding carboxylic acids is 1. The zero-order valence-corrected chi connectivity index (χ0v) is 19.4. The van der Waals surface area contributed by atoms with Crippen LogP contribution in [0.4, 0.5) is 38.9 Å². The van der Waals surface area contributed by atoms with Crippen molar-refractivity contribution in [2.24, 2.45) is 0 Å². The van der Waals surface area contributed by atoms with Crippen LogP contribution in [0, 0.1) is 5.82 Å². The second-order valence-corrected chi connectivity index (χ2v) is 8.24. The number of nitrogens with one attached hydrogen (secondary N) is 3. The number of rotatable bonds is 7. The van der Waals surface area contributed by atoms with E-state index in [-0.39, 0.29) is 28.2 Å². The van der Waals surface area contributed by atoms with Gasteiger partial charge in [0.2, 0.25) is 11.9 Å². The highest BCUT2D eigenvalue weighted by molar-refractivity contribution is 6.33. The Morgan fingerprint density at radius 1 is 1.12 bits per heavy atom. The fourth-order valence-corrected chi connectivity index (χ4v) is 3.66. The quantitative estimate of drug-likeness (QED) is 0.424. The highest BCUT2D eigenvalue weighted by Crippen LogP contribution is 2.31. The van der Waals surface area contributed by atoms with Crippen LogP contribution in [0.25, 0.3) is 0 Å². The zero-order chi connectivity index (χ0) is 24.1. The summed E-state index contributed by atoms with van der Waals surface area (Å²) in [5.41, 5.74) is 2.22. The zero-order valence-electron chi connectivity index (χ0n) is 18.7. The minimum absolute atomic E-state index is 0.0285. The molecule has 1 aliphatic heterocycles. The summed E-state index contributed by atoms with van der Waals surface area (Å²) in [6.07, 6.45) is 2.52. The normalized spacial score (nSPS) is 13.9. The van der Waals surface area contributed by atoms with Gasteiger partial charge in [-0.3, -0.25) is 4.79 Å². The largest absolute Gasteiger partial charge is 0.369 e. The Balaban J connectivity index is 1.50. The molecule has 0 radical (unpaired) electrons. The van der Waals surface area contributed by atoms with Gasteiger partial charge in [0.05, 0.1) is 17.6 Å². The van der Waals surface area contributed by atoms with E-state index in [1.165, 1.54) is 18.3 Å². The fraction of sp³-hybridized carbons (Fsp3) is 0.208. The van der Waals surface area contributed by atoms with E-state index in [9.17, 15) is 9.18 Å². The van der Waals surface area contributed by atoms with Crippen LogP contribution in [-0.2, 0) is 4.79 Å². The molecule has 0 saturated carbocycles. The highest BCUT2D eigenvalue weighted by atomic mass is 35.5. The van der Waals surface area contributed by atoms with E-state index in [4.69, 9.17) is 11.6 Å². The van der Waals surface area contributed by atoms with Crippen molar-refractivity contribution in [3.8, 4) is 0 Å². The van der Waals surface area contributed by atoms with E-state index >= 15 is 0 Å². The van der Waals surface area contributed by atoms with Crippen LogP contribution in [0.2, 0.25) is 5.02 Å². The molecule has 3 N–H and O–H groups in total. The molecule has 8 nitrogen and oxygen atoms in total. The molecule has 176 valence electrons. The molecule has 0 unspecified atom stereocenters. The Morgan fingerprint density at radius 3 is 2.56 bits per heavy atom. The van der Waals surface area contributed by atoms with Gasteiger partial charge in [-0.25, -0.2) is 9.37 Å². The van der Waals surface area contributed by atoms with Crippen LogP contribution < -0.4 is 20.9 Å². The van der Waals surface area contributed by atoms with Gasteiger partial charge >= 0.3 is 0 Å². The first-order valence-electron chi connectivity index (χ1n) is 10.7. The summed E-state index contributed by atoms with van der Waals surface area (Å²) in [5, 5.41) is 8.76. The third-order valence-electron chi connectivity index (χ3n) is 5.44. The van der Waals surface area contributed by atoms with Gasteiger partial charge in [-0.2, -0.15) is 4.98 Å². The minimum Gasteiger partial charge on any atom is -0.369 e. The van der Waals surface area contributed by atoms with Crippen molar-refractivity contribution < 1.29 is 9.18 Å². The van der Waals surface area contributed by atoms with Crippen LogP contribution in [0.3, 0.4) is 0 Å². The number of para-hydroxylation sites is 1. The number of amides is 1. The molecule has 1 amide bonds. The second-order valence-electron chi connectivity index (χ2n) is 7.83. The van der Waals surface area contributed by atoms with Gasteiger partial charge in [-0.15, -0.1) is 0 Å². The summed E-state index contributed by atoms with van der Waals surface area (Å²) in [7, 11) is 2.13. The Labute approximate surface area is 202 Å². The van der Waals surface area contributed by atoms with Crippen LogP contribution in [0.1, 0.15) is 0 Å². The predicted octanol–water partition coefficient (Wildman–Crippen LogP) is 4.63. The number of likely N-dealkylation sites (N-methyl/N-ethyl adjacent to an activating group) is 1. The minimum atomic E-state index is -0.578. The molecule has 1 saturated heterocycles. The molecule has 4 rings (SSSR count). The number of benzene rings is 2. The van der Waals surface area contributed by atoms with Crippen LogP contribution in [0.15, 0.2) is 61.3 Å². The molecule has 34 heavy (non-hydrogen) atoms. The summed E-state index contributed by atoms with van der Waals surface area (Å²) in [4.78, 5) is 25.0. The first-order chi connectivity index (χ1) is 16.4. The third-order valence-corrected chi connectivity index (χ3v) is 5.71. The van der Waals surface area contributed by atoms with Gasteiger partial charge in [0.1, 0.15) is 10.8 Å². The number of hydrogen-bond acceptors (Lipinski definition) is 7. The summed E-state index contributed by atoms with van der Waals surface area (Å²) in [5.74, 6) is -0.574. The van der Waals surface area contributed by atoms with E-state index in [1.54, 1.807) is 6.07 Å². The van der Waals surface area contributed by atoms with Crippen molar-refractivity contribution in [1.82, 2.24) is 14.9 Å². The van der Waals surface area contributed by atoms with Crippen molar-refractivity contribution in [2.75, 3.05) is 54.1 Å². The molecule has 0 spiro atoms. The molecule has 1 aromatic heterocycles. The number of piperazine rings is 1. The van der Waals surface area contributed by atoms with Gasteiger partial charge in [0.15, 0.2) is 5.82 Å². The molecule has 2 aromatic carbocycles. The standard InChI is InChI=1S/C24H25ClFN7O/c1-3-21(34)29-20-6-4-5-19(26)22(20)30-23-18(25)15-27-24(31-23)28-16-7-9-17(10-8-16)33-13-11-32(2)12-14-33/h3-10,15H,1,11-14H2,2H3,(H,29,34)(H2,27,28,30,31). The molecule has 0 aliphatic carbocycles. The molecule has 0 atom stereocenters. The molecule has 10 heteroatoms. The van der Waals surface area contributed by atoms with Gasteiger partial charge in [-0.1, -0.05) is 24.2 Å². The first kappa shape index (κ1) is 23.5. The number of carbonyl (C=O) groups is 1. The summed E-state index contributed by atoms with van der Waals surface area (Å²) >= 11 is 6.25. The van der Waals surface area contributed by atoms with Gasteiger partial charge in [0, 0.05) is 37.6 Å². The Morgan fingerprint density at radius 2 is 1.85 bits per heavy atom.